The topological polar surface area (TPSA) is 118 Å². The third kappa shape index (κ3) is 14.4. The van der Waals surface area contributed by atoms with Crippen LogP contribution in [0.4, 0.5) is 0 Å². The summed E-state index contributed by atoms with van der Waals surface area (Å²) in [5.74, 6) is 4.24. The van der Waals surface area contributed by atoms with E-state index in [-0.39, 0.29) is 0 Å². The molecule has 0 N–H and O–H groups in total. The predicted molar refractivity (Wildman–Crippen MR) is 595 cm³/mol. The van der Waals surface area contributed by atoms with Gasteiger partial charge in [0.2, 0.25) is 0 Å². The lowest BCUT2D eigenvalue weighted by Gasteiger charge is -2.14. The normalized spacial score (nSPS) is 11.7. The average Bonchev–Trinajstić information content (AvgIpc) is 1.58. The number of nitrogens with zero attached hydrogens (tertiary/aromatic N) is 11. The maximum Gasteiger partial charge on any atom is 0.160 e. The molecule has 0 unspecified atom stereocenters. The van der Waals surface area contributed by atoms with Crippen LogP contribution in [0.3, 0.4) is 0 Å². The lowest BCUT2D eigenvalue weighted by atomic mass is 9.94. The summed E-state index contributed by atoms with van der Waals surface area (Å²) in [5, 5.41) is 6.84. The van der Waals surface area contributed by atoms with Crippen LogP contribution in [0, 0.1) is 0 Å². The molecule has 9 heterocycles. The van der Waals surface area contributed by atoms with Gasteiger partial charge in [-0.1, -0.05) is 419 Å². The maximum atomic E-state index is 5.25. The van der Waals surface area contributed by atoms with Crippen molar-refractivity contribution >= 4 is 76.5 Å². The minimum atomic E-state index is 0.708. The second-order valence-corrected chi connectivity index (χ2v) is 37.1. The molecule has 30 rings (SSSR count). The molecule has 674 valence electrons. The molecular weight excluding hydrogens is 1760 g/mol. The quantitative estimate of drug-likeness (QED) is 0.126. The van der Waals surface area contributed by atoms with Crippen LogP contribution in [0.2, 0.25) is 0 Å². The van der Waals surface area contributed by atoms with Crippen molar-refractivity contribution in [3.63, 3.8) is 0 Å². The van der Waals surface area contributed by atoms with Crippen molar-refractivity contribution < 1.29 is 0 Å². The Balaban J connectivity index is 0.000000106. The first-order valence-corrected chi connectivity index (χ1v) is 49.1. The van der Waals surface area contributed by atoms with Crippen molar-refractivity contribution in [1.82, 2.24) is 53.6 Å². The molecule has 0 bridgehead atoms. The molecule has 145 heavy (non-hydrogen) atoms. The van der Waals surface area contributed by atoms with Gasteiger partial charge < -0.3 is 0 Å². The van der Waals surface area contributed by atoms with Gasteiger partial charge in [0.15, 0.2) is 11.6 Å². The summed E-state index contributed by atoms with van der Waals surface area (Å²) in [4.78, 5) is 40.7. The lowest BCUT2D eigenvalue weighted by molar-refractivity contribution is 1.11. The molecule has 0 amide bonds. The molecule has 3 aliphatic heterocycles. The van der Waals surface area contributed by atoms with Crippen LogP contribution in [0.5, 0.6) is 0 Å². The predicted octanol–water partition coefficient (Wildman–Crippen LogP) is 33.9. The molecule has 6 aromatic heterocycles. The van der Waals surface area contributed by atoms with Crippen LogP contribution in [0.25, 0.3) is 284 Å². The second-order valence-electron chi connectivity index (χ2n) is 37.1. The smallest absolute Gasteiger partial charge is 0.160 e. The molecule has 0 spiro atoms. The van der Waals surface area contributed by atoms with E-state index >= 15 is 0 Å². The third-order valence-corrected chi connectivity index (χ3v) is 28.7. The van der Waals surface area contributed by atoms with Crippen molar-refractivity contribution in [2.45, 2.75) is 0 Å². The van der Waals surface area contributed by atoms with Gasteiger partial charge in [-0.2, -0.15) is 0 Å². The summed E-state index contributed by atoms with van der Waals surface area (Å²) in [5.41, 5.74) is 44.4. The number of para-hydroxylation sites is 8. The lowest BCUT2D eigenvalue weighted by Crippen LogP contribution is -1.99. The summed E-state index contributed by atoms with van der Waals surface area (Å²) in [7, 11) is 0. The van der Waals surface area contributed by atoms with Gasteiger partial charge in [-0.3, -0.25) is 18.7 Å². The summed E-state index contributed by atoms with van der Waals surface area (Å²) in [6.45, 7) is 0. The average molecular weight is 1850 g/mol. The van der Waals surface area contributed by atoms with Gasteiger partial charge in [0, 0.05) is 100 Å². The Bertz CT molecular complexity index is 9900. The Morgan fingerprint density at radius 2 is 0.434 bits per heavy atom. The van der Waals surface area contributed by atoms with Gasteiger partial charge in [0.25, 0.3) is 0 Å². The molecule has 11 heteroatoms. The van der Waals surface area contributed by atoms with Crippen LogP contribution < -0.4 is 0 Å². The summed E-state index contributed by atoms with van der Waals surface area (Å²) >= 11 is 0. The number of rotatable bonds is 11. The highest BCUT2D eigenvalue weighted by Gasteiger charge is 2.31. The fourth-order valence-electron chi connectivity index (χ4n) is 22.0. The molecule has 11 nitrogen and oxygen atoms in total. The Morgan fingerprint density at radius 3 is 0.876 bits per heavy atom. The van der Waals surface area contributed by atoms with Crippen molar-refractivity contribution in [3.05, 3.63) is 504 Å². The zero-order chi connectivity index (χ0) is 95.5. The molecule has 27 aromatic rings. The van der Waals surface area contributed by atoms with E-state index in [1.165, 1.54) is 82.9 Å². The number of hydrogen-bond donors (Lipinski definition) is 0. The fraction of sp³-hybridized carbons (Fsp3) is 0. The van der Waals surface area contributed by atoms with Gasteiger partial charge >= 0.3 is 0 Å². The highest BCUT2D eigenvalue weighted by Crippen LogP contribution is 2.51. The Hall–Kier alpha value is -19.6. The van der Waals surface area contributed by atoms with E-state index < -0.39 is 0 Å². The first-order chi connectivity index (χ1) is 71.9. The van der Waals surface area contributed by atoms with E-state index in [1.54, 1.807) is 0 Å². The SMILES string of the molecule is c1cc(-c2ccc(-c3nc4cccc5c4n3-c3ccccc3-c3ccccc3-5)cc2)cc(-c2nc(-c3ccc4ccccc4c3)c3ccccc3n2)c1.c1cc(-c2ccc(-c3nc4cccc5c4n3-c3ccccc3-c3ccccc3-5)cc2)cc(-c2nccc3ccccc23)c1.c1ccc(-c2nc(-c3cccc(-c4ccc(-c5nc6cccc7c6n5-c5ccccc5-c5ccccc5-7)cc4)c3)c3ccccc3n2)cc1. The molecule has 0 saturated carbocycles. The standard InChI is InChI=1S/C49H30N4.C45H28N4.C40H25N3/c1-2-12-34-29-36(28-25-31(34)11-1)46-42-18-5-7-20-43(42)50-48(52-46)37-14-9-13-35(30-37)32-23-26-33(27-24-32)49-51-44-21-10-19-41-39-16-4-3-15-38(39)40-17-6-8-22-45(40)53(49)47(41)44;1-2-12-30(13-3-1)44-46-39-21-8-6-19-38(39)42(48-44)33-15-10-14-32(28-33)29-24-26-31(27-25-29)45-47-40-22-11-20-37-35-17-5-4-16-34(35)36-18-7-9-23-41(36)49(45)43(37)40;1-2-12-31-27(9-1)23-24-41-38(31)30-11-7-10-29(25-30)26-19-21-28(22-20-26)40-42-36-17-8-16-35-33-14-4-3-13-32(33)34-15-5-6-18-37(34)43(40)39(35)36/h1-30H;1-28H;1-25H. The second kappa shape index (κ2) is 34.8. The first-order valence-electron chi connectivity index (χ1n) is 49.1. The highest BCUT2D eigenvalue weighted by molar-refractivity contribution is 6.09. The van der Waals surface area contributed by atoms with E-state index in [0.717, 1.165) is 196 Å². The Labute approximate surface area is 835 Å². The van der Waals surface area contributed by atoms with Gasteiger partial charge in [0.05, 0.1) is 78.3 Å². The molecule has 21 aromatic carbocycles. The molecule has 0 fully saturated rings. The van der Waals surface area contributed by atoms with Crippen molar-refractivity contribution in [3.8, 4) is 208 Å². The zero-order valence-corrected chi connectivity index (χ0v) is 78.3. The van der Waals surface area contributed by atoms with Gasteiger partial charge in [-0.15, -0.1) is 0 Å². The van der Waals surface area contributed by atoms with E-state index in [2.05, 4.69) is 475 Å². The van der Waals surface area contributed by atoms with E-state index in [1.807, 2.05) is 42.6 Å². The Morgan fingerprint density at radius 1 is 0.145 bits per heavy atom. The number of aromatic nitrogens is 11. The number of benzene rings is 21. The van der Waals surface area contributed by atoms with Crippen LogP contribution >= 0.6 is 0 Å². The van der Waals surface area contributed by atoms with Crippen molar-refractivity contribution in [2.75, 3.05) is 0 Å². The summed E-state index contributed by atoms with van der Waals surface area (Å²) < 4.78 is 7.04. The van der Waals surface area contributed by atoms with Gasteiger partial charge in [-0.25, -0.2) is 34.9 Å². The highest BCUT2D eigenvalue weighted by atomic mass is 15.1. The monoisotopic (exact) mass is 1850 g/mol. The fourth-order valence-corrected chi connectivity index (χ4v) is 22.0. The van der Waals surface area contributed by atoms with Crippen LogP contribution in [-0.2, 0) is 0 Å². The minimum Gasteiger partial charge on any atom is -0.291 e. The van der Waals surface area contributed by atoms with Gasteiger partial charge in [-0.05, 0) is 162 Å². The third-order valence-electron chi connectivity index (χ3n) is 28.7. The number of fused-ring (bicyclic) bond motifs is 19. The number of hydrogen-bond acceptors (Lipinski definition) is 8. The van der Waals surface area contributed by atoms with Crippen LogP contribution in [0.1, 0.15) is 0 Å². The van der Waals surface area contributed by atoms with Crippen LogP contribution in [0.15, 0.2) is 504 Å². The Kier molecular flexibility index (Phi) is 20.0. The van der Waals surface area contributed by atoms with Gasteiger partial charge in [0.1, 0.15) is 17.5 Å². The molecule has 0 aliphatic carbocycles. The van der Waals surface area contributed by atoms with Crippen LogP contribution in [-0.4, -0.2) is 53.6 Å². The van der Waals surface area contributed by atoms with Crippen molar-refractivity contribution in [1.29, 1.82) is 0 Å². The molecular formula is C134H83N11. The molecule has 0 atom stereocenters. The molecule has 3 aliphatic rings. The maximum absolute atomic E-state index is 5.25. The molecule has 0 saturated heterocycles. The number of pyridine rings is 1. The van der Waals surface area contributed by atoms with E-state index in [9.17, 15) is 0 Å². The first kappa shape index (κ1) is 83.5. The summed E-state index contributed by atoms with van der Waals surface area (Å²) in [6, 6.07) is 176. The van der Waals surface area contributed by atoms with E-state index in [4.69, 9.17) is 39.9 Å². The molecule has 0 radical (unpaired) electrons. The van der Waals surface area contributed by atoms with E-state index in [0.29, 0.717) is 5.82 Å². The minimum absolute atomic E-state index is 0.708. The van der Waals surface area contributed by atoms with Crippen molar-refractivity contribution in [2.24, 2.45) is 0 Å². The zero-order valence-electron chi connectivity index (χ0n) is 78.3. The largest absolute Gasteiger partial charge is 0.291 e. The summed E-state index contributed by atoms with van der Waals surface area (Å²) in [6.07, 6.45) is 1.89. The number of imidazole rings is 3.